The maximum absolute atomic E-state index is 12.3. The molecule has 0 aliphatic carbocycles. The maximum Gasteiger partial charge on any atom is 0.425 e. The fourth-order valence-electron chi connectivity index (χ4n) is 1.59. The van der Waals surface area contributed by atoms with Gasteiger partial charge in [0.2, 0.25) is 6.17 Å². The van der Waals surface area contributed by atoms with Crippen LogP contribution >= 0.6 is 0 Å². The number of nitrogens with zero attached hydrogens (tertiary/aromatic N) is 1. The number of aryl methyl sites for hydroxylation is 1. The average Bonchev–Trinajstić information content (AvgIpc) is 3.06. The number of hydrazine groups is 1. The molecule has 2 rings (SSSR count). The van der Waals surface area contributed by atoms with E-state index in [1.807, 2.05) is 0 Å². The lowest BCUT2D eigenvalue weighted by Crippen LogP contribution is -2.21. The average molecular weight is 244 g/mol. The minimum absolute atomic E-state index is 0.423. The lowest BCUT2D eigenvalue weighted by Gasteiger charge is -2.06. The summed E-state index contributed by atoms with van der Waals surface area (Å²) in [6, 6.07) is 6.68. The number of halogens is 3. The first-order chi connectivity index (χ1) is 8.02. The van der Waals surface area contributed by atoms with Crippen LogP contribution in [0, 0.1) is 0 Å². The third-order valence-corrected chi connectivity index (χ3v) is 2.53. The van der Waals surface area contributed by atoms with E-state index in [2.05, 4.69) is 5.43 Å². The van der Waals surface area contributed by atoms with Crippen LogP contribution in [0.15, 0.2) is 24.3 Å². The number of carbonyl (C=O) groups excluding carboxylic acids is 1. The van der Waals surface area contributed by atoms with Crippen LogP contribution in [-0.2, 0) is 11.2 Å². The van der Waals surface area contributed by atoms with Gasteiger partial charge in [-0.1, -0.05) is 12.1 Å². The van der Waals surface area contributed by atoms with Crippen molar-refractivity contribution in [3.8, 4) is 0 Å². The molecule has 1 N–H and O–H groups in total. The number of hydrogen-bond acceptors (Lipinski definition) is 3. The molecule has 92 valence electrons. The zero-order valence-corrected chi connectivity index (χ0v) is 8.87. The highest BCUT2D eigenvalue weighted by molar-refractivity contribution is 5.53. The second-order valence-corrected chi connectivity index (χ2v) is 3.82. The third-order valence-electron chi connectivity index (χ3n) is 2.53. The molecule has 0 aromatic heterocycles. The van der Waals surface area contributed by atoms with Gasteiger partial charge in [0.15, 0.2) is 0 Å². The van der Waals surface area contributed by atoms with Crippen LogP contribution in [0.3, 0.4) is 0 Å². The monoisotopic (exact) mass is 244 g/mol. The first-order valence-electron chi connectivity index (χ1n) is 5.17. The van der Waals surface area contributed by atoms with Gasteiger partial charge >= 0.3 is 6.18 Å². The van der Waals surface area contributed by atoms with Crippen molar-refractivity contribution in [1.29, 1.82) is 0 Å². The Morgan fingerprint density at radius 2 is 1.94 bits per heavy atom. The summed E-state index contributed by atoms with van der Waals surface area (Å²) in [5, 5.41) is 1.06. The van der Waals surface area contributed by atoms with Crippen molar-refractivity contribution in [2.75, 3.05) is 5.01 Å². The van der Waals surface area contributed by atoms with E-state index < -0.39 is 12.3 Å². The van der Waals surface area contributed by atoms with Gasteiger partial charge in [-0.25, -0.2) is 5.43 Å². The predicted molar refractivity (Wildman–Crippen MR) is 56.3 cm³/mol. The van der Waals surface area contributed by atoms with Crippen molar-refractivity contribution in [2.24, 2.45) is 0 Å². The standard InChI is InChI=1S/C11H11F3N2O/c12-11(13,14)10-15-16(10)9-5-3-8(4-6-9)2-1-7-17/h3-7,10,15H,1-2H2. The molecule has 1 aliphatic heterocycles. The van der Waals surface area contributed by atoms with Gasteiger partial charge in [-0.3, -0.25) is 5.01 Å². The van der Waals surface area contributed by atoms with Crippen LogP contribution in [0.5, 0.6) is 0 Å². The molecule has 1 fully saturated rings. The summed E-state index contributed by atoms with van der Waals surface area (Å²) >= 11 is 0. The van der Waals surface area contributed by atoms with Crippen LogP contribution < -0.4 is 10.4 Å². The molecule has 1 aromatic rings. The van der Waals surface area contributed by atoms with E-state index in [1.54, 1.807) is 24.3 Å². The van der Waals surface area contributed by atoms with Gasteiger partial charge in [0.1, 0.15) is 6.29 Å². The summed E-state index contributed by atoms with van der Waals surface area (Å²) in [6.07, 6.45) is -3.98. The Morgan fingerprint density at radius 1 is 1.29 bits per heavy atom. The van der Waals surface area contributed by atoms with Gasteiger partial charge in [-0.05, 0) is 24.1 Å². The Bertz CT molecular complexity index is 402. The number of aldehydes is 1. The van der Waals surface area contributed by atoms with Gasteiger partial charge < -0.3 is 4.79 Å². The maximum atomic E-state index is 12.3. The molecule has 1 heterocycles. The summed E-state index contributed by atoms with van der Waals surface area (Å²) in [5.74, 6) is 0. The molecule has 0 bridgehead atoms. The lowest BCUT2D eigenvalue weighted by molar-refractivity contribution is -0.128. The Morgan fingerprint density at radius 3 is 2.41 bits per heavy atom. The molecule has 1 aliphatic rings. The van der Waals surface area contributed by atoms with Crippen molar-refractivity contribution >= 4 is 12.0 Å². The zero-order valence-electron chi connectivity index (χ0n) is 8.87. The second kappa shape index (κ2) is 4.37. The van der Waals surface area contributed by atoms with E-state index in [9.17, 15) is 18.0 Å². The lowest BCUT2D eigenvalue weighted by atomic mass is 10.1. The van der Waals surface area contributed by atoms with Crippen LogP contribution in [0.25, 0.3) is 0 Å². The fourth-order valence-corrected chi connectivity index (χ4v) is 1.59. The zero-order chi connectivity index (χ0) is 12.5. The van der Waals surface area contributed by atoms with Gasteiger partial charge in [-0.2, -0.15) is 13.2 Å². The molecule has 0 amide bonds. The van der Waals surface area contributed by atoms with Crippen LogP contribution in [-0.4, -0.2) is 18.6 Å². The molecular weight excluding hydrogens is 233 g/mol. The van der Waals surface area contributed by atoms with Crippen molar-refractivity contribution in [2.45, 2.75) is 25.2 Å². The van der Waals surface area contributed by atoms with E-state index in [0.29, 0.717) is 18.5 Å². The molecular formula is C11H11F3N2O. The minimum Gasteiger partial charge on any atom is -0.303 e. The SMILES string of the molecule is O=CCCc1ccc(N2NC2C(F)(F)F)cc1. The van der Waals surface area contributed by atoms with E-state index in [0.717, 1.165) is 16.9 Å². The number of hydrogen-bond donors (Lipinski definition) is 1. The third kappa shape index (κ3) is 2.76. The normalized spacial score (nSPS) is 19.2. The van der Waals surface area contributed by atoms with E-state index in [-0.39, 0.29) is 0 Å². The molecule has 6 heteroatoms. The first kappa shape index (κ1) is 11.9. The summed E-state index contributed by atoms with van der Waals surface area (Å²) in [4.78, 5) is 10.2. The highest BCUT2D eigenvalue weighted by atomic mass is 19.4. The Labute approximate surface area is 96.2 Å². The smallest absolute Gasteiger partial charge is 0.303 e. The molecule has 17 heavy (non-hydrogen) atoms. The number of carbonyl (C=O) groups is 1. The predicted octanol–water partition coefficient (Wildman–Crippen LogP) is 2.03. The van der Waals surface area contributed by atoms with E-state index in [4.69, 9.17) is 0 Å². The summed E-state index contributed by atoms with van der Waals surface area (Å²) in [7, 11) is 0. The van der Waals surface area contributed by atoms with E-state index >= 15 is 0 Å². The number of anilines is 1. The van der Waals surface area contributed by atoms with Crippen molar-refractivity contribution in [1.82, 2.24) is 5.43 Å². The molecule has 0 radical (unpaired) electrons. The summed E-state index contributed by atoms with van der Waals surface area (Å²) < 4.78 is 36.8. The molecule has 3 nitrogen and oxygen atoms in total. The molecule has 1 unspecified atom stereocenters. The molecule has 1 aromatic carbocycles. The van der Waals surface area contributed by atoms with E-state index in [1.165, 1.54) is 0 Å². The number of alkyl halides is 3. The number of rotatable bonds is 4. The van der Waals surface area contributed by atoms with Gasteiger partial charge in [0, 0.05) is 6.42 Å². The Hall–Kier alpha value is -1.56. The molecule has 1 atom stereocenters. The number of nitrogens with one attached hydrogen (secondary N) is 1. The summed E-state index contributed by atoms with van der Waals surface area (Å²) in [5.41, 5.74) is 3.65. The van der Waals surface area contributed by atoms with Gasteiger partial charge in [-0.15, -0.1) is 0 Å². The second-order valence-electron chi connectivity index (χ2n) is 3.82. The van der Waals surface area contributed by atoms with Crippen molar-refractivity contribution < 1.29 is 18.0 Å². The molecule has 0 spiro atoms. The Balaban J connectivity index is 1.98. The fraction of sp³-hybridized carbons (Fsp3) is 0.364. The molecule has 0 saturated carbocycles. The van der Waals surface area contributed by atoms with Gasteiger partial charge in [0.05, 0.1) is 5.69 Å². The minimum atomic E-state index is -4.25. The highest BCUT2D eigenvalue weighted by Crippen LogP contribution is 2.34. The van der Waals surface area contributed by atoms with Crippen LogP contribution in [0.4, 0.5) is 18.9 Å². The first-order valence-corrected chi connectivity index (χ1v) is 5.17. The van der Waals surface area contributed by atoms with Gasteiger partial charge in [0.25, 0.3) is 0 Å². The molecule has 1 saturated heterocycles. The van der Waals surface area contributed by atoms with Crippen molar-refractivity contribution in [3.63, 3.8) is 0 Å². The quantitative estimate of drug-likeness (QED) is 0.651. The number of benzene rings is 1. The van der Waals surface area contributed by atoms with Crippen molar-refractivity contribution in [3.05, 3.63) is 29.8 Å². The van der Waals surface area contributed by atoms with Crippen LogP contribution in [0.2, 0.25) is 0 Å². The largest absolute Gasteiger partial charge is 0.425 e. The van der Waals surface area contributed by atoms with Crippen LogP contribution in [0.1, 0.15) is 12.0 Å². The highest BCUT2D eigenvalue weighted by Gasteiger charge is 2.54. The topological polar surface area (TPSA) is 42.0 Å². The summed E-state index contributed by atoms with van der Waals surface area (Å²) in [6.45, 7) is 0. The Kier molecular flexibility index (Phi) is 3.06.